The Morgan fingerprint density at radius 1 is 0.528 bits per heavy atom. The summed E-state index contributed by atoms with van der Waals surface area (Å²) in [6.07, 6.45) is 0. The molecule has 0 saturated carbocycles. The van der Waals surface area contributed by atoms with Crippen LogP contribution in [0.3, 0.4) is 0 Å². The molecular formula is C31H18ClN3O. The van der Waals surface area contributed by atoms with Gasteiger partial charge in [0.25, 0.3) is 0 Å². The van der Waals surface area contributed by atoms with Gasteiger partial charge in [0.1, 0.15) is 11.2 Å². The molecule has 0 spiro atoms. The van der Waals surface area contributed by atoms with E-state index in [2.05, 4.69) is 18.2 Å². The Morgan fingerprint density at radius 2 is 1.22 bits per heavy atom. The van der Waals surface area contributed by atoms with E-state index in [1.165, 1.54) is 0 Å². The third-order valence-electron chi connectivity index (χ3n) is 6.41. The Labute approximate surface area is 211 Å². The quantitative estimate of drug-likeness (QED) is 0.252. The Bertz CT molecular complexity index is 1910. The number of fused-ring (bicyclic) bond motifs is 4. The zero-order valence-electron chi connectivity index (χ0n) is 19.0. The highest BCUT2D eigenvalue weighted by molar-refractivity contribution is 6.35. The summed E-state index contributed by atoms with van der Waals surface area (Å²) in [5.41, 5.74) is 4.11. The lowest BCUT2D eigenvalue weighted by molar-refractivity contribution is 0.669. The monoisotopic (exact) mass is 483 g/mol. The first-order valence-corrected chi connectivity index (χ1v) is 12.0. The van der Waals surface area contributed by atoms with E-state index in [-0.39, 0.29) is 0 Å². The summed E-state index contributed by atoms with van der Waals surface area (Å²) in [5, 5.41) is 4.63. The van der Waals surface area contributed by atoms with Crippen molar-refractivity contribution in [3.63, 3.8) is 0 Å². The number of benzene rings is 5. The largest absolute Gasteiger partial charge is 0.456 e. The van der Waals surface area contributed by atoms with Crippen molar-refractivity contribution in [1.29, 1.82) is 0 Å². The summed E-state index contributed by atoms with van der Waals surface area (Å²) in [4.78, 5) is 14.8. The maximum Gasteiger partial charge on any atom is 0.166 e. The van der Waals surface area contributed by atoms with Crippen molar-refractivity contribution in [2.45, 2.75) is 0 Å². The number of hydrogen-bond donors (Lipinski definition) is 0. The van der Waals surface area contributed by atoms with Crippen LogP contribution in [-0.4, -0.2) is 15.0 Å². The topological polar surface area (TPSA) is 51.8 Å². The zero-order valence-corrected chi connectivity index (χ0v) is 19.8. The molecule has 0 bridgehead atoms. The third-order valence-corrected chi connectivity index (χ3v) is 6.73. The predicted molar refractivity (Wildman–Crippen MR) is 146 cm³/mol. The summed E-state index contributed by atoms with van der Waals surface area (Å²) in [6, 6.07) is 36.0. The van der Waals surface area contributed by atoms with Gasteiger partial charge in [0.2, 0.25) is 0 Å². The average Bonchev–Trinajstić information content (AvgIpc) is 3.31. The number of furan rings is 1. The summed E-state index contributed by atoms with van der Waals surface area (Å²) in [7, 11) is 0. The molecule has 0 saturated heterocycles. The number of halogens is 1. The van der Waals surface area contributed by atoms with Crippen molar-refractivity contribution in [2.75, 3.05) is 0 Å². The van der Waals surface area contributed by atoms with Gasteiger partial charge in [-0.15, -0.1) is 0 Å². The molecule has 0 atom stereocenters. The van der Waals surface area contributed by atoms with Gasteiger partial charge in [0, 0.05) is 27.5 Å². The smallest absolute Gasteiger partial charge is 0.166 e. The second kappa shape index (κ2) is 8.29. The molecule has 0 fully saturated rings. The van der Waals surface area contributed by atoms with E-state index < -0.39 is 0 Å². The highest BCUT2D eigenvalue weighted by atomic mass is 35.5. The predicted octanol–water partition coefficient (Wildman–Crippen LogP) is 8.58. The minimum atomic E-state index is 0.508. The maximum absolute atomic E-state index is 6.84. The van der Waals surface area contributed by atoms with Crippen molar-refractivity contribution in [3.05, 3.63) is 114 Å². The molecular weight excluding hydrogens is 466 g/mol. The average molecular weight is 484 g/mol. The zero-order chi connectivity index (χ0) is 24.1. The van der Waals surface area contributed by atoms with Crippen LogP contribution in [0.15, 0.2) is 114 Å². The van der Waals surface area contributed by atoms with Crippen LogP contribution in [0.5, 0.6) is 0 Å². The number of para-hydroxylation sites is 1. The first-order valence-electron chi connectivity index (χ1n) is 11.7. The standard InChI is InChI=1S/C31H18ClN3O/c32-24-17-18-26-27(23-14-6-7-16-25(23)36-26)28(24)31-34-29(20-10-2-1-3-11-20)33-30(35-31)22-15-8-12-19-9-4-5-13-21(19)22/h1-18H. The number of nitrogens with zero attached hydrogens (tertiary/aromatic N) is 3. The van der Waals surface area contributed by atoms with Crippen molar-refractivity contribution >= 4 is 44.3 Å². The van der Waals surface area contributed by atoms with Crippen LogP contribution in [0.1, 0.15) is 0 Å². The molecule has 5 aromatic carbocycles. The lowest BCUT2D eigenvalue weighted by Gasteiger charge is -2.11. The molecule has 0 amide bonds. The van der Waals surface area contributed by atoms with Gasteiger partial charge in [-0.3, -0.25) is 0 Å². The Morgan fingerprint density at radius 3 is 2.11 bits per heavy atom. The van der Waals surface area contributed by atoms with Gasteiger partial charge in [-0.1, -0.05) is 103 Å². The van der Waals surface area contributed by atoms with Crippen LogP contribution in [0.2, 0.25) is 5.02 Å². The number of aromatic nitrogens is 3. The molecule has 170 valence electrons. The minimum absolute atomic E-state index is 0.508. The van der Waals surface area contributed by atoms with Crippen molar-refractivity contribution in [1.82, 2.24) is 15.0 Å². The molecule has 0 N–H and O–H groups in total. The fourth-order valence-corrected chi connectivity index (χ4v) is 5.00. The van der Waals surface area contributed by atoms with Crippen LogP contribution in [0, 0.1) is 0 Å². The van der Waals surface area contributed by atoms with Gasteiger partial charge in [0.15, 0.2) is 17.5 Å². The van der Waals surface area contributed by atoms with E-state index >= 15 is 0 Å². The molecule has 36 heavy (non-hydrogen) atoms. The molecule has 0 radical (unpaired) electrons. The Kier molecular flexibility index (Phi) is 4.79. The van der Waals surface area contributed by atoms with Crippen LogP contribution in [-0.2, 0) is 0 Å². The molecule has 5 heteroatoms. The van der Waals surface area contributed by atoms with Gasteiger partial charge in [0.05, 0.1) is 5.02 Å². The second-order valence-corrected chi connectivity index (χ2v) is 9.00. The van der Waals surface area contributed by atoms with Crippen LogP contribution in [0.4, 0.5) is 0 Å². The highest BCUT2D eigenvalue weighted by Gasteiger charge is 2.20. The van der Waals surface area contributed by atoms with Gasteiger partial charge in [-0.25, -0.2) is 15.0 Å². The molecule has 2 aromatic heterocycles. The summed E-state index contributed by atoms with van der Waals surface area (Å²) in [5.74, 6) is 1.69. The van der Waals surface area contributed by atoms with Gasteiger partial charge in [-0.05, 0) is 29.0 Å². The number of rotatable bonds is 3. The lowest BCUT2D eigenvalue weighted by Crippen LogP contribution is -2.01. The van der Waals surface area contributed by atoms with E-state index in [0.717, 1.165) is 49.4 Å². The van der Waals surface area contributed by atoms with Gasteiger partial charge >= 0.3 is 0 Å². The molecule has 0 aliphatic rings. The summed E-state index contributed by atoms with van der Waals surface area (Å²) in [6.45, 7) is 0. The minimum Gasteiger partial charge on any atom is -0.456 e. The van der Waals surface area contributed by atoms with Crippen molar-refractivity contribution in [3.8, 4) is 34.2 Å². The lowest BCUT2D eigenvalue weighted by atomic mass is 10.0. The SMILES string of the molecule is Clc1ccc2oc3ccccc3c2c1-c1nc(-c2ccccc2)nc(-c2cccc3ccccc23)n1. The van der Waals surface area contributed by atoms with Crippen LogP contribution < -0.4 is 0 Å². The second-order valence-electron chi connectivity index (χ2n) is 8.59. The molecule has 7 aromatic rings. The Balaban J connectivity index is 1.57. The summed E-state index contributed by atoms with van der Waals surface area (Å²) < 4.78 is 6.13. The summed E-state index contributed by atoms with van der Waals surface area (Å²) >= 11 is 6.84. The molecule has 7 rings (SSSR count). The fraction of sp³-hybridized carbons (Fsp3) is 0. The first-order chi connectivity index (χ1) is 17.8. The Hall–Kier alpha value is -4.54. The first kappa shape index (κ1) is 20.8. The third kappa shape index (κ3) is 3.35. The molecule has 0 aliphatic heterocycles. The van der Waals surface area contributed by atoms with Crippen LogP contribution in [0.25, 0.3) is 66.9 Å². The highest BCUT2D eigenvalue weighted by Crippen LogP contribution is 2.40. The van der Waals surface area contributed by atoms with E-state index in [0.29, 0.717) is 22.5 Å². The van der Waals surface area contributed by atoms with Crippen LogP contribution >= 0.6 is 11.6 Å². The fourth-order valence-electron chi connectivity index (χ4n) is 4.75. The molecule has 4 nitrogen and oxygen atoms in total. The van der Waals surface area contributed by atoms with E-state index in [9.17, 15) is 0 Å². The van der Waals surface area contributed by atoms with Crippen molar-refractivity contribution < 1.29 is 4.42 Å². The van der Waals surface area contributed by atoms with Gasteiger partial charge in [-0.2, -0.15) is 0 Å². The number of hydrogen-bond acceptors (Lipinski definition) is 4. The van der Waals surface area contributed by atoms with E-state index in [1.807, 2.05) is 91.0 Å². The van der Waals surface area contributed by atoms with Crippen molar-refractivity contribution in [2.24, 2.45) is 0 Å². The van der Waals surface area contributed by atoms with E-state index in [1.54, 1.807) is 0 Å². The van der Waals surface area contributed by atoms with Gasteiger partial charge < -0.3 is 4.42 Å². The molecule has 2 heterocycles. The normalized spacial score (nSPS) is 11.5. The molecule has 0 aliphatic carbocycles. The maximum atomic E-state index is 6.84. The molecule has 0 unspecified atom stereocenters. The van der Waals surface area contributed by atoms with E-state index in [4.69, 9.17) is 31.0 Å².